The fourth-order valence-corrected chi connectivity index (χ4v) is 3.64. The van der Waals surface area contributed by atoms with Crippen molar-refractivity contribution in [3.05, 3.63) is 28.8 Å². The van der Waals surface area contributed by atoms with E-state index in [2.05, 4.69) is 9.62 Å². The number of halogens is 1. The van der Waals surface area contributed by atoms with E-state index in [1.54, 1.807) is 0 Å². The van der Waals surface area contributed by atoms with E-state index in [-0.39, 0.29) is 22.0 Å². The highest BCUT2D eigenvalue weighted by Crippen LogP contribution is 2.22. The van der Waals surface area contributed by atoms with Gasteiger partial charge >= 0.3 is 5.97 Å². The Morgan fingerprint density at radius 2 is 2.04 bits per heavy atom. The molecule has 2 rings (SSSR count). The number of nitrogens with zero attached hydrogens (tertiary/aromatic N) is 1. The van der Waals surface area contributed by atoms with Crippen LogP contribution in [0.1, 0.15) is 16.8 Å². The van der Waals surface area contributed by atoms with Crippen LogP contribution in [0.2, 0.25) is 5.02 Å². The third-order valence-corrected chi connectivity index (χ3v) is 5.15. The molecule has 128 valence electrons. The van der Waals surface area contributed by atoms with Crippen LogP contribution in [0.25, 0.3) is 0 Å². The second-order valence-electron chi connectivity index (χ2n) is 5.23. The van der Waals surface area contributed by atoms with E-state index in [0.717, 1.165) is 13.1 Å². The van der Waals surface area contributed by atoms with Crippen LogP contribution in [0, 0.1) is 0 Å². The van der Waals surface area contributed by atoms with Crippen molar-refractivity contribution in [1.82, 2.24) is 4.90 Å². The number of ether oxygens (including phenoxy) is 1. The predicted octanol–water partition coefficient (Wildman–Crippen LogP) is 1.50. The Labute approximate surface area is 140 Å². The van der Waals surface area contributed by atoms with Gasteiger partial charge in [0.1, 0.15) is 0 Å². The summed E-state index contributed by atoms with van der Waals surface area (Å²) in [6, 6.07) is 3.95. The molecular formula is C14H19ClN2O5S. The highest BCUT2D eigenvalue weighted by molar-refractivity contribution is 7.92. The van der Waals surface area contributed by atoms with E-state index in [1.165, 1.54) is 18.2 Å². The number of carboxylic acid groups (broad SMARTS) is 1. The molecule has 0 radical (unpaired) electrons. The number of sulfonamides is 1. The zero-order valence-corrected chi connectivity index (χ0v) is 14.1. The minimum atomic E-state index is -3.50. The molecule has 1 aliphatic heterocycles. The molecule has 0 unspecified atom stereocenters. The fourth-order valence-electron chi connectivity index (χ4n) is 2.29. The fraction of sp³-hybridized carbons (Fsp3) is 0.500. The Bertz CT molecular complexity index is 659. The van der Waals surface area contributed by atoms with Crippen LogP contribution in [-0.4, -0.2) is 63.0 Å². The zero-order chi connectivity index (χ0) is 16.9. The molecule has 0 aromatic heterocycles. The molecule has 9 heteroatoms. The highest BCUT2D eigenvalue weighted by atomic mass is 35.5. The average molecular weight is 363 g/mol. The molecule has 0 atom stereocenters. The third kappa shape index (κ3) is 5.65. The van der Waals surface area contributed by atoms with Gasteiger partial charge in [-0.25, -0.2) is 13.2 Å². The van der Waals surface area contributed by atoms with Gasteiger partial charge < -0.3 is 9.84 Å². The molecule has 7 nitrogen and oxygen atoms in total. The molecule has 0 spiro atoms. The number of carbonyl (C=O) groups is 1. The number of hydrogen-bond donors (Lipinski definition) is 2. The molecule has 1 saturated heterocycles. The first kappa shape index (κ1) is 18.0. The van der Waals surface area contributed by atoms with Gasteiger partial charge in [0.2, 0.25) is 10.0 Å². The van der Waals surface area contributed by atoms with Crippen LogP contribution in [0.15, 0.2) is 18.2 Å². The van der Waals surface area contributed by atoms with E-state index < -0.39 is 16.0 Å². The number of nitrogens with one attached hydrogen (secondary N) is 1. The van der Waals surface area contributed by atoms with E-state index in [0.29, 0.717) is 26.2 Å². The Kier molecular flexibility index (Phi) is 6.23. The molecule has 23 heavy (non-hydrogen) atoms. The molecule has 1 aromatic rings. The minimum Gasteiger partial charge on any atom is -0.478 e. The predicted molar refractivity (Wildman–Crippen MR) is 87.7 cm³/mol. The number of carboxylic acids is 1. The van der Waals surface area contributed by atoms with E-state index in [4.69, 9.17) is 21.4 Å². The molecule has 0 bridgehead atoms. The maximum Gasteiger partial charge on any atom is 0.337 e. The van der Waals surface area contributed by atoms with Gasteiger partial charge in [-0.2, -0.15) is 0 Å². The summed E-state index contributed by atoms with van der Waals surface area (Å²) >= 11 is 5.82. The van der Waals surface area contributed by atoms with Crippen LogP contribution < -0.4 is 4.72 Å². The summed E-state index contributed by atoms with van der Waals surface area (Å²) in [5.41, 5.74) is 0.188. The number of anilines is 1. The van der Waals surface area contributed by atoms with Crippen LogP contribution >= 0.6 is 11.6 Å². The molecule has 1 heterocycles. The smallest absolute Gasteiger partial charge is 0.337 e. The molecule has 1 fully saturated rings. The third-order valence-electron chi connectivity index (χ3n) is 3.46. The second-order valence-corrected chi connectivity index (χ2v) is 7.48. The van der Waals surface area contributed by atoms with Crippen LogP contribution in [-0.2, 0) is 14.8 Å². The van der Waals surface area contributed by atoms with Crippen molar-refractivity contribution < 1.29 is 23.1 Å². The lowest BCUT2D eigenvalue weighted by Crippen LogP contribution is -2.37. The number of hydrogen-bond acceptors (Lipinski definition) is 5. The van der Waals surface area contributed by atoms with Gasteiger partial charge in [-0.05, 0) is 31.2 Å². The van der Waals surface area contributed by atoms with Crippen LogP contribution in [0.4, 0.5) is 5.69 Å². The first-order chi connectivity index (χ1) is 10.9. The molecule has 0 aliphatic carbocycles. The summed E-state index contributed by atoms with van der Waals surface area (Å²) < 4.78 is 31.8. The standard InChI is InChI=1S/C14H19ClN2O5S/c15-13-10-11(2-3-12(13)14(18)19)16-23(20,21)9-1-4-17-5-7-22-8-6-17/h2-3,10,16H,1,4-9H2,(H,18,19). The molecule has 1 aromatic carbocycles. The normalized spacial score (nSPS) is 16.2. The van der Waals surface area contributed by atoms with Crippen molar-refractivity contribution in [2.45, 2.75) is 6.42 Å². The van der Waals surface area contributed by atoms with Gasteiger partial charge in [0.25, 0.3) is 0 Å². The Morgan fingerprint density at radius 1 is 1.35 bits per heavy atom. The summed E-state index contributed by atoms with van der Waals surface area (Å²) in [6.07, 6.45) is 0.510. The minimum absolute atomic E-state index is 0.00832. The lowest BCUT2D eigenvalue weighted by Gasteiger charge is -2.26. The largest absolute Gasteiger partial charge is 0.478 e. The summed E-state index contributed by atoms with van der Waals surface area (Å²) in [5, 5.41) is 8.88. The van der Waals surface area contributed by atoms with Crippen molar-refractivity contribution in [2.24, 2.45) is 0 Å². The maximum atomic E-state index is 12.1. The van der Waals surface area contributed by atoms with Crippen LogP contribution in [0.3, 0.4) is 0 Å². The highest BCUT2D eigenvalue weighted by Gasteiger charge is 2.15. The van der Waals surface area contributed by atoms with Gasteiger partial charge in [0, 0.05) is 18.8 Å². The first-order valence-corrected chi connectivity index (χ1v) is 9.24. The maximum absolute atomic E-state index is 12.1. The Balaban J connectivity index is 1.87. The van der Waals surface area contributed by atoms with Crippen molar-refractivity contribution in [3.63, 3.8) is 0 Å². The molecule has 1 aliphatic rings. The lowest BCUT2D eigenvalue weighted by molar-refractivity contribution is 0.0381. The van der Waals surface area contributed by atoms with Crippen molar-refractivity contribution in [1.29, 1.82) is 0 Å². The van der Waals surface area contributed by atoms with E-state index in [1.807, 2.05) is 0 Å². The van der Waals surface area contributed by atoms with E-state index in [9.17, 15) is 13.2 Å². The monoisotopic (exact) mass is 362 g/mol. The van der Waals surface area contributed by atoms with Gasteiger partial charge in [-0.3, -0.25) is 9.62 Å². The Hall–Kier alpha value is -1.35. The number of morpholine rings is 1. The molecular weight excluding hydrogens is 344 g/mol. The Morgan fingerprint density at radius 3 is 2.65 bits per heavy atom. The first-order valence-electron chi connectivity index (χ1n) is 7.21. The quantitative estimate of drug-likeness (QED) is 0.763. The van der Waals surface area contributed by atoms with Crippen molar-refractivity contribution >= 4 is 33.3 Å². The van der Waals surface area contributed by atoms with Crippen molar-refractivity contribution in [2.75, 3.05) is 43.3 Å². The van der Waals surface area contributed by atoms with E-state index >= 15 is 0 Å². The summed E-state index contributed by atoms with van der Waals surface area (Å²) in [6.45, 7) is 3.70. The van der Waals surface area contributed by atoms with Gasteiger partial charge in [0.05, 0.1) is 29.6 Å². The molecule has 0 amide bonds. The molecule has 2 N–H and O–H groups in total. The summed E-state index contributed by atoms with van der Waals surface area (Å²) in [4.78, 5) is 13.0. The number of aromatic carboxylic acids is 1. The number of benzene rings is 1. The van der Waals surface area contributed by atoms with Crippen molar-refractivity contribution in [3.8, 4) is 0 Å². The summed E-state index contributed by atoms with van der Waals surface area (Å²) in [7, 11) is -3.50. The van der Waals surface area contributed by atoms with Crippen LogP contribution in [0.5, 0.6) is 0 Å². The van der Waals surface area contributed by atoms with Gasteiger partial charge in [0.15, 0.2) is 0 Å². The average Bonchev–Trinajstić information content (AvgIpc) is 2.47. The van der Waals surface area contributed by atoms with Gasteiger partial charge in [-0.15, -0.1) is 0 Å². The molecule has 0 saturated carbocycles. The topological polar surface area (TPSA) is 95.9 Å². The lowest BCUT2D eigenvalue weighted by atomic mass is 10.2. The second kappa shape index (κ2) is 7.96. The SMILES string of the molecule is O=C(O)c1ccc(NS(=O)(=O)CCCN2CCOCC2)cc1Cl. The number of rotatable bonds is 7. The zero-order valence-electron chi connectivity index (χ0n) is 12.5. The van der Waals surface area contributed by atoms with Gasteiger partial charge in [-0.1, -0.05) is 11.6 Å². The summed E-state index contributed by atoms with van der Waals surface area (Å²) in [5.74, 6) is -1.17.